The lowest BCUT2D eigenvalue weighted by atomic mass is 9.97. The van der Waals surface area contributed by atoms with Crippen LogP contribution in [0.3, 0.4) is 0 Å². The lowest BCUT2D eigenvalue weighted by Gasteiger charge is -2.28. The summed E-state index contributed by atoms with van der Waals surface area (Å²) in [5.41, 5.74) is 0.695. The highest BCUT2D eigenvalue weighted by molar-refractivity contribution is 5.69. The summed E-state index contributed by atoms with van der Waals surface area (Å²) in [5.74, 6) is 0.920. The van der Waals surface area contributed by atoms with Crippen molar-refractivity contribution < 1.29 is 9.66 Å². The van der Waals surface area contributed by atoms with Crippen LogP contribution in [0.15, 0.2) is 18.2 Å². The van der Waals surface area contributed by atoms with Gasteiger partial charge in [0.15, 0.2) is 5.75 Å². The fourth-order valence-electron chi connectivity index (χ4n) is 2.82. The summed E-state index contributed by atoms with van der Waals surface area (Å²) in [6.07, 6.45) is 2.23. The molecule has 0 radical (unpaired) electrons. The minimum absolute atomic E-state index is 0.0655. The number of rotatable bonds is 6. The summed E-state index contributed by atoms with van der Waals surface area (Å²) in [5, 5.41) is 14.7. The molecule has 1 aromatic carbocycles. The van der Waals surface area contributed by atoms with Gasteiger partial charge in [0.25, 0.3) is 0 Å². The highest BCUT2D eigenvalue weighted by atomic mass is 16.6. The number of nitro groups is 1. The Labute approximate surface area is 125 Å². The lowest BCUT2D eigenvalue weighted by molar-refractivity contribution is -0.385. The van der Waals surface area contributed by atoms with Crippen molar-refractivity contribution in [3.05, 3.63) is 28.3 Å². The maximum absolute atomic E-state index is 11.4. The maximum Gasteiger partial charge on any atom is 0.333 e. The first kappa shape index (κ1) is 15.6. The first-order valence-electron chi connectivity index (χ1n) is 7.45. The molecule has 6 heteroatoms. The molecule has 0 spiro atoms. The smallest absolute Gasteiger partial charge is 0.333 e. The number of hydrogen-bond acceptors (Lipinski definition) is 5. The van der Waals surface area contributed by atoms with Gasteiger partial charge in [-0.1, -0.05) is 6.07 Å². The molecule has 0 atom stereocenters. The third kappa shape index (κ3) is 3.85. The zero-order valence-corrected chi connectivity index (χ0v) is 12.7. The summed E-state index contributed by atoms with van der Waals surface area (Å²) in [6, 6.07) is 5.26. The van der Waals surface area contributed by atoms with Gasteiger partial charge in [0.1, 0.15) is 5.69 Å². The van der Waals surface area contributed by atoms with Gasteiger partial charge in [-0.15, -0.1) is 0 Å². The Morgan fingerprint density at radius 3 is 2.76 bits per heavy atom. The van der Waals surface area contributed by atoms with Crippen LogP contribution in [0, 0.1) is 16.0 Å². The SMILES string of the molecule is CCOc1cccc(N(C)CC2CCNCC2)c1[N+](=O)[O-]. The Kier molecular flexibility index (Phi) is 5.38. The van der Waals surface area contributed by atoms with E-state index in [-0.39, 0.29) is 10.6 Å². The highest BCUT2D eigenvalue weighted by Gasteiger charge is 2.25. The van der Waals surface area contributed by atoms with Gasteiger partial charge in [0.2, 0.25) is 0 Å². The fraction of sp³-hybridized carbons (Fsp3) is 0.600. The van der Waals surface area contributed by atoms with Crippen molar-refractivity contribution in [1.29, 1.82) is 0 Å². The number of para-hydroxylation sites is 1. The van der Waals surface area contributed by atoms with Crippen molar-refractivity contribution in [3.63, 3.8) is 0 Å². The lowest BCUT2D eigenvalue weighted by Crippen LogP contribution is -2.34. The minimum atomic E-state index is -0.348. The predicted molar refractivity (Wildman–Crippen MR) is 83.1 cm³/mol. The normalized spacial score (nSPS) is 15.7. The van der Waals surface area contributed by atoms with E-state index in [4.69, 9.17) is 4.74 Å². The molecule has 1 aliphatic heterocycles. The van der Waals surface area contributed by atoms with Crippen molar-refractivity contribution in [3.8, 4) is 5.75 Å². The van der Waals surface area contributed by atoms with Crippen LogP contribution in [0.5, 0.6) is 5.75 Å². The quantitative estimate of drug-likeness (QED) is 0.644. The zero-order chi connectivity index (χ0) is 15.2. The molecule has 2 rings (SSSR count). The van der Waals surface area contributed by atoms with E-state index in [9.17, 15) is 10.1 Å². The van der Waals surface area contributed by atoms with Crippen LogP contribution in [0.1, 0.15) is 19.8 Å². The van der Waals surface area contributed by atoms with Crippen molar-refractivity contribution in [1.82, 2.24) is 5.32 Å². The molecular formula is C15H23N3O3. The topological polar surface area (TPSA) is 67.6 Å². The number of ether oxygens (including phenoxy) is 1. The van der Waals surface area contributed by atoms with E-state index in [0.29, 0.717) is 24.0 Å². The largest absolute Gasteiger partial charge is 0.487 e. The molecule has 1 aliphatic rings. The first-order chi connectivity index (χ1) is 10.1. The van der Waals surface area contributed by atoms with E-state index in [0.717, 1.165) is 32.5 Å². The van der Waals surface area contributed by atoms with E-state index in [1.807, 2.05) is 24.9 Å². The standard InChI is InChI=1S/C15H23N3O3/c1-3-21-14-6-4-5-13(15(14)18(19)20)17(2)11-12-7-9-16-10-8-12/h4-6,12,16H,3,7-11H2,1-2H3. The van der Waals surface area contributed by atoms with Crippen LogP contribution in [-0.2, 0) is 0 Å². The molecule has 0 aliphatic carbocycles. The Morgan fingerprint density at radius 2 is 2.14 bits per heavy atom. The number of nitro benzene ring substituents is 1. The van der Waals surface area contributed by atoms with E-state index >= 15 is 0 Å². The van der Waals surface area contributed by atoms with Crippen molar-refractivity contribution in [2.45, 2.75) is 19.8 Å². The molecule has 1 heterocycles. The molecule has 21 heavy (non-hydrogen) atoms. The van der Waals surface area contributed by atoms with Crippen LogP contribution >= 0.6 is 0 Å². The third-order valence-electron chi connectivity index (χ3n) is 3.86. The molecule has 0 bridgehead atoms. The van der Waals surface area contributed by atoms with E-state index < -0.39 is 0 Å². The summed E-state index contributed by atoms with van der Waals surface area (Å²) >= 11 is 0. The van der Waals surface area contributed by atoms with Crippen molar-refractivity contribution in [2.75, 3.05) is 38.2 Å². The molecule has 6 nitrogen and oxygen atoms in total. The number of hydrogen-bond donors (Lipinski definition) is 1. The maximum atomic E-state index is 11.4. The zero-order valence-electron chi connectivity index (χ0n) is 12.7. The van der Waals surface area contributed by atoms with Gasteiger partial charge in [-0.25, -0.2) is 0 Å². The molecule has 1 N–H and O–H groups in total. The monoisotopic (exact) mass is 293 g/mol. The van der Waals surface area contributed by atoms with Crippen LogP contribution in [0.2, 0.25) is 0 Å². The predicted octanol–water partition coefficient (Wildman–Crippen LogP) is 2.43. The first-order valence-corrected chi connectivity index (χ1v) is 7.45. The average Bonchev–Trinajstić information content (AvgIpc) is 2.48. The molecule has 0 unspecified atom stereocenters. The molecule has 0 aromatic heterocycles. The second kappa shape index (κ2) is 7.26. The third-order valence-corrected chi connectivity index (χ3v) is 3.86. The number of benzene rings is 1. The summed E-state index contributed by atoms with van der Waals surface area (Å²) < 4.78 is 5.40. The summed E-state index contributed by atoms with van der Waals surface area (Å²) in [7, 11) is 1.92. The Bertz CT molecular complexity index is 487. The fourth-order valence-corrected chi connectivity index (χ4v) is 2.82. The molecule has 1 aromatic rings. The van der Waals surface area contributed by atoms with E-state index in [1.54, 1.807) is 12.1 Å². The molecule has 0 amide bonds. The van der Waals surface area contributed by atoms with Gasteiger partial charge in [0, 0.05) is 13.6 Å². The average molecular weight is 293 g/mol. The van der Waals surface area contributed by atoms with Crippen LogP contribution in [0.25, 0.3) is 0 Å². The molecule has 116 valence electrons. The molecular weight excluding hydrogens is 270 g/mol. The van der Waals surface area contributed by atoms with Crippen molar-refractivity contribution >= 4 is 11.4 Å². The van der Waals surface area contributed by atoms with Crippen LogP contribution in [-0.4, -0.2) is 38.2 Å². The Morgan fingerprint density at radius 1 is 1.43 bits per heavy atom. The van der Waals surface area contributed by atoms with Gasteiger partial charge in [0.05, 0.1) is 11.5 Å². The van der Waals surface area contributed by atoms with Gasteiger partial charge in [-0.3, -0.25) is 10.1 Å². The number of nitrogens with one attached hydrogen (secondary N) is 1. The van der Waals surface area contributed by atoms with Gasteiger partial charge in [-0.05, 0) is 50.9 Å². The van der Waals surface area contributed by atoms with E-state index in [2.05, 4.69) is 5.32 Å². The summed E-state index contributed by atoms with van der Waals surface area (Å²) in [6.45, 7) is 5.13. The van der Waals surface area contributed by atoms with Crippen LogP contribution < -0.4 is 15.0 Å². The minimum Gasteiger partial charge on any atom is -0.487 e. The number of piperidine rings is 1. The van der Waals surface area contributed by atoms with Crippen LogP contribution in [0.4, 0.5) is 11.4 Å². The Balaban J connectivity index is 2.20. The van der Waals surface area contributed by atoms with Gasteiger partial charge >= 0.3 is 5.69 Å². The molecule has 0 saturated carbocycles. The molecule has 1 saturated heterocycles. The number of anilines is 1. The molecule has 1 fully saturated rings. The van der Waals surface area contributed by atoms with Gasteiger partial charge < -0.3 is 15.0 Å². The summed E-state index contributed by atoms with van der Waals surface area (Å²) in [4.78, 5) is 13.0. The second-order valence-electron chi connectivity index (χ2n) is 5.39. The highest BCUT2D eigenvalue weighted by Crippen LogP contribution is 2.37. The Hall–Kier alpha value is -1.82. The second-order valence-corrected chi connectivity index (χ2v) is 5.39. The number of nitrogens with zero attached hydrogens (tertiary/aromatic N) is 2. The van der Waals surface area contributed by atoms with E-state index in [1.165, 1.54) is 0 Å². The van der Waals surface area contributed by atoms with Gasteiger partial charge in [-0.2, -0.15) is 0 Å². The van der Waals surface area contributed by atoms with Crippen molar-refractivity contribution in [2.24, 2.45) is 5.92 Å².